The molecule has 2 unspecified atom stereocenters. The van der Waals surface area contributed by atoms with Gasteiger partial charge in [0.15, 0.2) is 0 Å². The number of morpholine rings is 1. The van der Waals surface area contributed by atoms with Crippen molar-refractivity contribution >= 4 is 5.91 Å². The Balaban J connectivity index is 1.79. The molecular weight excluding hydrogens is 218 g/mol. The first-order valence-electron chi connectivity index (χ1n) is 6.28. The van der Waals surface area contributed by atoms with Crippen molar-refractivity contribution in [3.05, 3.63) is 18.0 Å². The predicted octanol–water partition coefficient (Wildman–Crippen LogP) is 1.19. The predicted molar refractivity (Wildman–Crippen MR) is 61.6 cm³/mol. The minimum atomic E-state index is 0.0581. The zero-order valence-electron chi connectivity index (χ0n) is 9.76. The Morgan fingerprint density at radius 2 is 2.35 bits per heavy atom. The van der Waals surface area contributed by atoms with Crippen LogP contribution in [0.1, 0.15) is 36.2 Å². The summed E-state index contributed by atoms with van der Waals surface area (Å²) in [6.45, 7) is 1.35. The van der Waals surface area contributed by atoms with Gasteiger partial charge in [0, 0.05) is 12.7 Å². The summed E-state index contributed by atoms with van der Waals surface area (Å²) in [5.41, 5.74) is 0.580. The van der Waals surface area contributed by atoms with Crippen LogP contribution < -0.4 is 0 Å². The monoisotopic (exact) mass is 235 g/mol. The van der Waals surface area contributed by atoms with Crippen molar-refractivity contribution in [2.24, 2.45) is 0 Å². The molecule has 1 aliphatic heterocycles. The molecule has 0 spiro atoms. The summed E-state index contributed by atoms with van der Waals surface area (Å²) in [7, 11) is 0. The van der Waals surface area contributed by atoms with Crippen molar-refractivity contribution in [1.82, 2.24) is 15.1 Å². The first kappa shape index (κ1) is 10.8. The molecule has 0 radical (unpaired) electrons. The highest BCUT2D eigenvalue weighted by Crippen LogP contribution is 2.29. The van der Waals surface area contributed by atoms with E-state index >= 15 is 0 Å². The number of nitrogens with one attached hydrogen (secondary N) is 1. The molecule has 1 saturated carbocycles. The third-order valence-corrected chi connectivity index (χ3v) is 3.72. The number of fused-ring (bicyclic) bond motifs is 1. The number of amides is 1. The molecule has 1 aromatic heterocycles. The lowest BCUT2D eigenvalue weighted by atomic mass is 9.90. The summed E-state index contributed by atoms with van der Waals surface area (Å²) in [4.78, 5) is 14.3. The van der Waals surface area contributed by atoms with E-state index in [0.717, 1.165) is 12.8 Å². The van der Waals surface area contributed by atoms with Crippen LogP contribution in [-0.4, -0.2) is 46.3 Å². The highest BCUT2D eigenvalue weighted by atomic mass is 16.5. The summed E-state index contributed by atoms with van der Waals surface area (Å²) in [6.07, 6.45) is 6.41. The Morgan fingerprint density at radius 1 is 1.47 bits per heavy atom. The number of carbonyl (C=O) groups is 1. The van der Waals surface area contributed by atoms with Gasteiger partial charge in [-0.25, -0.2) is 0 Å². The molecule has 17 heavy (non-hydrogen) atoms. The van der Waals surface area contributed by atoms with E-state index in [1.165, 1.54) is 12.8 Å². The molecule has 1 N–H and O–H groups in total. The van der Waals surface area contributed by atoms with E-state index in [-0.39, 0.29) is 18.1 Å². The Labute approximate surface area is 100 Å². The van der Waals surface area contributed by atoms with Crippen LogP contribution in [0.5, 0.6) is 0 Å². The van der Waals surface area contributed by atoms with Gasteiger partial charge >= 0.3 is 0 Å². The fourth-order valence-electron chi connectivity index (χ4n) is 2.88. The van der Waals surface area contributed by atoms with Crippen molar-refractivity contribution in [3.8, 4) is 0 Å². The van der Waals surface area contributed by atoms with Gasteiger partial charge in [0.1, 0.15) is 5.69 Å². The number of hydrogen-bond donors (Lipinski definition) is 1. The van der Waals surface area contributed by atoms with Gasteiger partial charge in [0.05, 0.1) is 18.8 Å². The van der Waals surface area contributed by atoms with Crippen LogP contribution in [-0.2, 0) is 4.74 Å². The number of nitrogens with zero attached hydrogens (tertiary/aromatic N) is 2. The van der Waals surface area contributed by atoms with Crippen LogP contribution >= 0.6 is 0 Å². The second-order valence-corrected chi connectivity index (χ2v) is 4.73. The molecule has 2 aliphatic rings. The molecule has 92 valence electrons. The lowest BCUT2D eigenvalue weighted by molar-refractivity contribution is -0.0754. The smallest absolute Gasteiger partial charge is 0.272 e. The van der Waals surface area contributed by atoms with E-state index in [2.05, 4.69) is 10.2 Å². The molecule has 5 nitrogen and oxygen atoms in total. The molecule has 3 rings (SSSR count). The van der Waals surface area contributed by atoms with E-state index < -0.39 is 0 Å². The summed E-state index contributed by atoms with van der Waals surface area (Å²) in [6, 6.07) is 1.99. The Bertz CT molecular complexity index is 388. The molecule has 0 aromatic carbocycles. The average molecular weight is 235 g/mol. The maximum absolute atomic E-state index is 12.3. The fourth-order valence-corrected chi connectivity index (χ4v) is 2.88. The lowest BCUT2D eigenvalue weighted by Crippen LogP contribution is -2.54. The number of aromatic amines is 1. The number of carbonyl (C=O) groups excluding carboxylic acids is 1. The van der Waals surface area contributed by atoms with Crippen LogP contribution in [0, 0.1) is 0 Å². The normalized spacial score (nSPS) is 28.8. The van der Waals surface area contributed by atoms with E-state index in [4.69, 9.17) is 4.74 Å². The maximum Gasteiger partial charge on any atom is 0.272 e. The first-order chi connectivity index (χ1) is 8.36. The first-order valence-corrected chi connectivity index (χ1v) is 6.28. The van der Waals surface area contributed by atoms with Gasteiger partial charge in [-0.05, 0) is 18.9 Å². The van der Waals surface area contributed by atoms with Crippen molar-refractivity contribution in [1.29, 1.82) is 0 Å². The molecule has 2 fully saturated rings. The van der Waals surface area contributed by atoms with Gasteiger partial charge < -0.3 is 9.64 Å². The maximum atomic E-state index is 12.3. The topological polar surface area (TPSA) is 58.2 Å². The third kappa shape index (κ3) is 1.95. The minimum absolute atomic E-state index is 0.0581. The van der Waals surface area contributed by atoms with Crippen molar-refractivity contribution in [3.63, 3.8) is 0 Å². The van der Waals surface area contributed by atoms with Gasteiger partial charge in [-0.3, -0.25) is 9.89 Å². The Kier molecular flexibility index (Phi) is 2.84. The van der Waals surface area contributed by atoms with Crippen molar-refractivity contribution in [2.75, 3.05) is 13.2 Å². The van der Waals surface area contributed by atoms with Gasteiger partial charge in [0.2, 0.25) is 0 Å². The van der Waals surface area contributed by atoms with Crippen LogP contribution in [0.25, 0.3) is 0 Å². The van der Waals surface area contributed by atoms with Crippen LogP contribution in [0.4, 0.5) is 0 Å². The van der Waals surface area contributed by atoms with Crippen LogP contribution in [0.2, 0.25) is 0 Å². The number of hydrogen-bond acceptors (Lipinski definition) is 3. The Hall–Kier alpha value is -1.36. The van der Waals surface area contributed by atoms with Crippen molar-refractivity contribution < 1.29 is 9.53 Å². The zero-order chi connectivity index (χ0) is 11.7. The van der Waals surface area contributed by atoms with Gasteiger partial charge in [-0.2, -0.15) is 5.10 Å². The molecule has 1 amide bonds. The molecule has 1 aliphatic carbocycles. The lowest BCUT2D eigenvalue weighted by Gasteiger charge is -2.43. The van der Waals surface area contributed by atoms with Gasteiger partial charge in [-0.15, -0.1) is 0 Å². The molecule has 2 atom stereocenters. The number of aromatic nitrogens is 2. The molecule has 1 aromatic rings. The second-order valence-electron chi connectivity index (χ2n) is 4.73. The third-order valence-electron chi connectivity index (χ3n) is 3.72. The fraction of sp³-hybridized carbons (Fsp3) is 0.667. The van der Waals surface area contributed by atoms with Crippen LogP contribution in [0.3, 0.4) is 0 Å². The summed E-state index contributed by atoms with van der Waals surface area (Å²) in [5.74, 6) is 0.0581. The highest BCUT2D eigenvalue weighted by molar-refractivity contribution is 5.92. The molecule has 2 heterocycles. The van der Waals surface area contributed by atoms with Crippen molar-refractivity contribution in [2.45, 2.75) is 37.8 Å². The quantitative estimate of drug-likeness (QED) is 0.795. The zero-order valence-corrected chi connectivity index (χ0v) is 9.76. The molecular formula is C12H17N3O2. The summed E-state index contributed by atoms with van der Waals surface area (Å²) >= 11 is 0. The van der Waals surface area contributed by atoms with E-state index in [1.54, 1.807) is 12.3 Å². The number of H-pyrrole nitrogens is 1. The van der Waals surface area contributed by atoms with Gasteiger partial charge in [-0.1, -0.05) is 12.8 Å². The minimum Gasteiger partial charge on any atom is -0.374 e. The summed E-state index contributed by atoms with van der Waals surface area (Å²) in [5, 5.41) is 6.59. The van der Waals surface area contributed by atoms with Gasteiger partial charge in [0.25, 0.3) is 5.91 Å². The number of ether oxygens (including phenoxy) is 1. The average Bonchev–Trinajstić information content (AvgIpc) is 2.91. The summed E-state index contributed by atoms with van der Waals surface area (Å²) < 4.78 is 5.76. The standard InChI is InChI=1S/C12H17N3O2/c16-12(9-5-6-13-14-9)15-7-8-17-11-4-2-1-3-10(11)15/h5-6,10-11H,1-4,7-8H2,(H,13,14). The van der Waals surface area contributed by atoms with Crippen LogP contribution in [0.15, 0.2) is 12.3 Å². The Morgan fingerprint density at radius 3 is 3.18 bits per heavy atom. The SMILES string of the molecule is O=C(c1ccn[nH]1)N1CCOC2CCCCC21. The second kappa shape index (κ2) is 4.49. The molecule has 1 saturated heterocycles. The van der Waals surface area contributed by atoms with E-state index in [9.17, 15) is 4.79 Å². The molecule has 5 heteroatoms. The highest BCUT2D eigenvalue weighted by Gasteiger charge is 2.37. The molecule has 0 bridgehead atoms. The largest absolute Gasteiger partial charge is 0.374 e. The number of rotatable bonds is 1. The van der Waals surface area contributed by atoms with E-state index in [1.807, 2.05) is 4.90 Å². The van der Waals surface area contributed by atoms with E-state index in [0.29, 0.717) is 18.8 Å².